The molecule has 110 heavy (non-hydrogen) atoms. The average Bonchev–Trinajstić information content (AvgIpc) is 0.742. The van der Waals surface area contributed by atoms with Crippen LogP contribution in [0.5, 0.6) is 51.7 Å². The molecule has 34 nitrogen and oxygen atoms in total. The smallest absolute Gasteiger partial charge is 0.330 e. The molecule has 2 fully saturated rings. The SMILES string of the molecule is CN[C@H](CC(C)C)C(=O)N[C@H]1C(=O)N[C@@H](CC(N)=O)C(=O)N[C@H]2C(=O)N[C@H]3C(=O)N[C@H](C(=O)N[C@@H](C(=O)O)c4cc(O)cc(O)c4-c4cc3ccc4O)[C@H](O)c3ccc(c(Cl)c3)Oc3cc2cc(c3OC2OC(CNCc3cc(Cl)ccc3O)C(O)C(O)C2OC2CC(C)(N)C(O)C(C)O2)Oc2ccc(cc2Cl)[C@H]1O. The monoisotopic (exact) mass is 1590 g/mol. The van der Waals surface area contributed by atoms with E-state index >= 15 is 14.4 Å². The Morgan fingerprint density at radius 1 is 0.682 bits per heavy atom. The van der Waals surface area contributed by atoms with Crippen molar-refractivity contribution in [3.05, 3.63) is 146 Å². The number of primary amides is 1. The minimum absolute atomic E-state index is 0.104. The Morgan fingerprint density at radius 2 is 1.30 bits per heavy atom. The van der Waals surface area contributed by atoms with Gasteiger partial charge >= 0.3 is 5.97 Å². The minimum Gasteiger partial charge on any atom is -0.508 e. The van der Waals surface area contributed by atoms with Gasteiger partial charge in [-0.1, -0.05) is 66.8 Å². The molecule has 0 saturated carbocycles. The maximum absolute atomic E-state index is 16.2. The van der Waals surface area contributed by atoms with Crippen LogP contribution in [0, 0.1) is 5.92 Å². The van der Waals surface area contributed by atoms with Gasteiger partial charge < -0.3 is 133 Å². The van der Waals surface area contributed by atoms with Gasteiger partial charge in [0.15, 0.2) is 29.9 Å². The zero-order valence-electron chi connectivity index (χ0n) is 59.1. The van der Waals surface area contributed by atoms with E-state index < -0.39 is 231 Å². The van der Waals surface area contributed by atoms with Gasteiger partial charge in [-0.05, 0) is 128 Å². The van der Waals surface area contributed by atoms with Gasteiger partial charge in [0.05, 0.1) is 34.7 Å². The third-order valence-corrected chi connectivity index (χ3v) is 20.1. The summed E-state index contributed by atoms with van der Waals surface area (Å²) in [7, 11) is 1.47. The fraction of sp³-hybridized carbons (Fsp3) is 0.397. The van der Waals surface area contributed by atoms with Gasteiger partial charge in [-0.3, -0.25) is 33.6 Å². The maximum Gasteiger partial charge on any atom is 0.330 e. The van der Waals surface area contributed by atoms with E-state index in [1.54, 1.807) is 0 Å². The van der Waals surface area contributed by atoms with E-state index in [4.69, 9.17) is 74.7 Å². The first kappa shape index (κ1) is 81.1. The number of ether oxygens (including phenoxy) is 6. The lowest BCUT2D eigenvalue weighted by Crippen LogP contribution is -2.65. The molecule has 0 radical (unpaired) electrons. The summed E-state index contributed by atoms with van der Waals surface area (Å²) in [5.41, 5.74) is 8.40. The standard InChI is InChI=1S/C73H81Cl3N10O24/c1-27(2)14-40(79-5)65(97)85-56-58(92)30-7-12-45(38(75)17-30)106-47-19-32-20-48(62(47)110-72-63(109-51-24-73(4,78)64(96)28(3)105-51)61(95)60(94)49(108-72)26-80-25-33-15-34(74)9-11-42(33)88)107-46-13-8-31(18-39(46)76)59(93)57-70(102)84-55(71(103)104)37-21-35(87)22-44(90)52(37)36-16-29(6-10-43(36)89)53(67(99)86-57)83-68(100)54(32)82-66(98)41(23-50(77)91)81-69(56)101/h6-13,15-22,27-28,40-41,49,51,53-61,63-64,72,79-80,87-90,92-96H,14,23-26,78H2,1-5H3,(H2,77,91)(H,81,101)(H,82,98)(H,83,100)(H,84,102)(H,85,97)(H,86,99)(H,103,104)/t28?,40-,41+,49?,51?,53-,54-,55-,56-,57+,58-,59-,60?,61?,63?,64?,72?,73?/m1/s1. The predicted octanol–water partition coefficient (Wildman–Crippen LogP) is 2.26. The number of aromatic hydroxyl groups is 4. The van der Waals surface area contributed by atoms with Crippen LogP contribution >= 0.6 is 34.8 Å². The number of carbonyl (C=O) groups excluding carboxylic acids is 7. The number of likely N-dealkylation sites (N-methyl/N-ethyl adjacent to an activating group) is 1. The molecule has 9 unspecified atom stereocenters. The minimum atomic E-state index is -2.36. The molecular formula is C73H81Cl3N10O24. The van der Waals surface area contributed by atoms with Gasteiger partial charge in [0, 0.05) is 58.4 Å². The number of aliphatic hydroxyl groups excluding tert-OH is 5. The zero-order chi connectivity index (χ0) is 79.8. The molecule has 7 heterocycles. The summed E-state index contributed by atoms with van der Waals surface area (Å²) in [6.45, 7) is 6.21. The molecule has 18 atom stereocenters. The number of carboxylic acids is 1. The number of phenols is 4. The Labute approximate surface area is 641 Å². The van der Waals surface area contributed by atoms with Crippen molar-refractivity contribution in [2.75, 3.05) is 13.6 Å². The molecular weight excluding hydrogens is 1510 g/mol. The van der Waals surface area contributed by atoms with E-state index in [1.807, 2.05) is 13.8 Å². The molecule has 0 spiro atoms. The Morgan fingerprint density at radius 3 is 1.92 bits per heavy atom. The second-order valence-electron chi connectivity index (χ2n) is 27.9. The van der Waals surface area contributed by atoms with Gasteiger partial charge in [-0.15, -0.1) is 0 Å². The van der Waals surface area contributed by atoms with Gasteiger partial charge in [-0.2, -0.15) is 0 Å². The van der Waals surface area contributed by atoms with E-state index in [0.29, 0.717) is 5.56 Å². The fourth-order valence-electron chi connectivity index (χ4n) is 13.6. The van der Waals surface area contributed by atoms with Gasteiger partial charge in [0.2, 0.25) is 53.4 Å². The van der Waals surface area contributed by atoms with Crippen LogP contribution < -0.4 is 68.2 Å². The first-order valence-electron chi connectivity index (χ1n) is 34.5. The van der Waals surface area contributed by atoms with Gasteiger partial charge in [0.25, 0.3) is 0 Å². The van der Waals surface area contributed by atoms with Crippen LogP contribution in [0.2, 0.25) is 15.1 Å². The van der Waals surface area contributed by atoms with Crippen LogP contribution in [0.1, 0.15) is 111 Å². The Hall–Kier alpha value is -9.89. The first-order chi connectivity index (χ1) is 52.0. The van der Waals surface area contributed by atoms with E-state index in [1.165, 1.54) is 51.2 Å². The summed E-state index contributed by atoms with van der Waals surface area (Å²) >= 11 is 20.6. The Balaban J connectivity index is 1.16. The topological polar surface area (TPSA) is 543 Å². The van der Waals surface area contributed by atoms with E-state index in [9.17, 15) is 75.0 Å². The summed E-state index contributed by atoms with van der Waals surface area (Å²) in [6, 6.07) is 3.61. The number of nitrogens with one attached hydrogen (secondary N) is 8. The maximum atomic E-state index is 16.2. The van der Waals surface area contributed by atoms with E-state index in [2.05, 4.69) is 42.5 Å². The molecule has 22 N–H and O–H groups in total. The predicted molar refractivity (Wildman–Crippen MR) is 387 cm³/mol. The molecule has 7 aliphatic heterocycles. The molecule has 7 aliphatic rings. The van der Waals surface area contributed by atoms with Gasteiger partial charge in [0.1, 0.15) is 95.2 Å². The summed E-state index contributed by atoms with van der Waals surface area (Å²) in [4.78, 5) is 118. The normalized spacial score (nSPS) is 28.0. The molecule has 6 aromatic carbocycles. The molecule has 0 aromatic heterocycles. The summed E-state index contributed by atoms with van der Waals surface area (Å²) in [5, 5.41) is 136. The number of carboxylic acid groups (broad SMARTS) is 1. The number of halogens is 3. The highest BCUT2D eigenvalue weighted by Crippen LogP contribution is 2.50. The van der Waals surface area contributed by atoms with Crippen LogP contribution in [0.4, 0.5) is 0 Å². The van der Waals surface area contributed by atoms with Crippen LogP contribution in [-0.4, -0.2) is 191 Å². The number of rotatable bonds is 16. The number of carbonyl (C=O) groups is 8. The quantitative estimate of drug-likeness (QED) is 0.0661. The fourth-order valence-corrected chi connectivity index (χ4v) is 14.2. The highest BCUT2D eigenvalue weighted by Gasteiger charge is 2.52. The van der Waals surface area contributed by atoms with Crippen molar-refractivity contribution >= 4 is 82.1 Å². The molecule has 13 rings (SSSR count). The Bertz CT molecular complexity index is 4580. The number of nitrogens with two attached hydrogens (primary N) is 2. The second kappa shape index (κ2) is 33.4. The zero-order valence-corrected chi connectivity index (χ0v) is 61.4. The van der Waals surface area contributed by atoms with Crippen molar-refractivity contribution in [3.63, 3.8) is 0 Å². The summed E-state index contributed by atoms with van der Waals surface area (Å²) in [6.07, 6.45) is -18.4. The molecule has 7 amide bonds. The highest BCUT2D eigenvalue weighted by atomic mass is 35.5. The average molecular weight is 1590 g/mol. The van der Waals surface area contributed by atoms with Crippen molar-refractivity contribution in [2.24, 2.45) is 17.4 Å². The molecule has 6 aromatic rings. The highest BCUT2D eigenvalue weighted by molar-refractivity contribution is 6.32. The van der Waals surface area contributed by atoms with Crippen LogP contribution in [0.15, 0.2) is 97.1 Å². The third kappa shape index (κ3) is 17.6. The number of phenolic OH excluding ortho intramolecular Hbond substituents is 4. The lowest BCUT2D eigenvalue weighted by Gasteiger charge is -2.47. The molecule has 588 valence electrons. The number of aliphatic hydroxyl groups is 5. The second-order valence-corrected chi connectivity index (χ2v) is 29.2. The largest absolute Gasteiger partial charge is 0.508 e. The van der Waals surface area contributed by atoms with E-state index in [-0.39, 0.29) is 70.1 Å². The first-order valence-corrected chi connectivity index (χ1v) is 35.7. The summed E-state index contributed by atoms with van der Waals surface area (Å²) in [5.74, 6) is -16.2. The summed E-state index contributed by atoms with van der Waals surface area (Å²) < 4.78 is 39.5. The van der Waals surface area contributed by atoms with Crippen molar-refractivity contribution in [1.82, 2.24) is 42.5 Å². The van der Waals surface area contributed by atoms with Crippen molar-refractivity contribution in [2.45, 2.75) is 163 Å². The van der Waals surface area contributed by atoms with Gasteiger partial charge in [-0.25, -0.2) is 4.79 Å². The lowest BCUT2D eigenvalue weighted by atomic mass is 9.86. The van der Waals surface area contributed by atoms with Crippen molar-refractivity contribution in [3.8, 4) is 62.9 Å². The van der Waals surface area contributed by atoms with Crippen LogP contribution in [0.3, 0.4) is 0 Å². The van der Waals surface area contributed by atoms with E-state index in [0.717, 1.165) is 66.7 Å². The molecule has 11 bridgehead atoms. The Kier molecular flexibility index (Phi) is 24.6. The third-order valence-electron chi connectivity index (χ3n) is 19.3. The number of hydrogen-bond donors (Lipinski definition) is 20. The molecule has 2 saturated heterocycles. The van der Waals surface area contributed by atoms with Crippen LogP contribution in [0.25, 0.3) is 11.1 Å². The number of fused-ring (bicyclic) bond motifs is 15. The number of aliphatic carboxylic acids is 1. The number of amides is 7. The van der Waals surface area contributed by atoms with Crippen molar-refractivity contribution < 1.29 is 118 Å². The number of hydrogen-bond acceptors (Lipinski definition) is 26. The molecule has 37 heteroatoms. The van der Waals surface area contributed by atoms with Crippen molar-refractivity contribution in [1.29, 1.82) is 0 Å². The van der Waals surface area contributed by atoms with Crippen LogP contribution in [-0.2, 0) is 59.1 Å². The number of benzene rings is 6. The molecule has 0 aliphatic carbocycles. The lowest BCUT2D eigenvalue weighted by molar-refractivity contribution is -0.330.